The number of thiazole rings is 1. The lowest BCUT2D eigenvalue weighted by molar-refractivity contribution is -0.119. The zero-order chi connectivity index (χ0) is 22.6. The topological polar surface area (TPSA) is 92.7 Å². The van der Waals surface area contributed by atoms with Crippen LogP contribution in [0.1, 0.15) is 23.3 Å². The molecule has 4 aromatic rings. The van der Waals surface area contributed by atoms with Gasteiger partial charge in [0.05, 0.1) is 0 Å². The zero-order valence-corrected chi connectivity index (χ0v) is 19.6. The van der Waals surface area contributed by atoms with Crippen molar-refractivity contribution >= 4 is 51.6 Å². The number of benzene rings is 2. The number of anilines is 4. The van der Waals surface area contributed by atoms with Crippen molar-refractivity contribution in [2.45, 2.75) is 36.2 Å². The van der Waals surface area contributed by atoms with E-state index in [9.17, 15) is 4.79 Å². The average molecular weight is 475 g/mol. The van der Waals surface area contributed by atoms with Crippen LogP contribution in [0.4, 0.5) is 22.7 Å². The number of hydrogen-bond acceptors (Lipinski definition) is 9. The minimum atomic E-state index is 0.285. The molecule has 7 nitrogen and oxygen atoms in total. The van der Waals surface area contributed by atoms with Crippen LogP contribution in [0, 0.1) is 12.8 Å². The quantitative estimate of drug-likeness (QED) is 0.315. The van der Waals surface area contributed by atoms with E-state index in [0.717, 1.165) is 39.0 Å². The molecule has 0 spiro atoms. The molecular formula is C24H22N6OS2. The molecule has 2 aromatic heterocycles. The van der Waals surface area contributed by atoms with Gasteiger partial charge in [0.15, 0.2) is 10.3 Å². The standard InChI is InChI=1S/C24H22N6OS2/c1-15-14-25-23(32-15)28-22-27-21(26-18-5-3-2-4-6-18)29-24(30-22)33-19-11-7-16(8-12-19)13-20(31)17-9-10-17/h2-8,11-12,14,17H,9-10,13H2,1H3,(H2,25,26,27,28,29,30). The van der Waals surface area contributed by atoms with E-state index >= 15 is 0 Å². The molecule has 5 rings (SSSR count). The van der Waals surface area contributed by atoms with E-state index in [1.54, 1.807) is 0 Å². The molecule has 1 aliphatic rings. The lowest BCUT2D eigenvalue weighted by atomic mass is 10.1. The number of nitrogens with zero attached hydrogens (tertiary/aromatic N) is 4. The van der Waals surface area contributed by atoms with Crippen molar-refractivity contribution in [2.75, 3.05) is 10.6 Å². The molecule has 0 bridgehead atoms. The fourth-order valence-corrected chi connectivity index (χ4v) is 4.61. The highest BCUT2D eigenvalue weighted by Crippen LogP contribution is 2.32. The van der Waals surface area contributed by atoms with Gasteiger partial charge in [0.2, 0.25) is 11.9 Å². The monoisotopic (exact) mass is 474 g/mol. The van der Waals surface area contributed by atoms with Crippen molar-refractivity contribution in [1.29, 1.82) is 0 Å². The summed E-state index contributed by atoms with van der Waals surface area (Å²) in [7, 11) is 0. The van der Waals surface area contributed by atoms with Gasteiger partial charge in [-0.25, -0.2) is 4.98 Å². The molecule has 0 radical (unpaired) electrons. The Hall–Kier alpha value is -3.30. The summed E-state index contributed by atoms with van der Waals surface area (Å²) in [6.07, 6.45) is 4.40. The summed E-state index contributed by atoms with van der Waals surface area (Å²) < 4.78 is 0. The van der Waals surface area contributed by atoms with Gasteiger partial charge in [-0.05, 0) is 61.4 Å². The molecule has 0 saturated heterocycles. The predicted molar refractivity (Wildman–Crippen MR) is 132 cm³/mol. The molecule has 0 unspecified atom stereocenters. The van der Waals surface area contributed by atoms with Gasteiger partial charge in [0, 0.05) is 34.0 Å². The van der Waals surface area contributed by atoms with Gasteiger partial charge < -0.3 is 5.32 Å². The van der Waals surface area contributed by atoms with Crippen molar-refractivity contribution in [1.82, 2.24) is 19.9 Å². The zero-order valence-electron chi connectivity index (χ0n) is 18.0. The number of aryl methyl sites for hydroxylation is 1. The van der Waals surface area contributed by atoms with Crippen LogP contribution in [0.2, 0.25) is 0 Å². The molecule has 2 heterocycles. The van der Waals surface area contributed by atoms with Crippen LogP contribution in [0.15, 0.2) is 70.8 Å². The highest BCUT2D eigenvalue weighted by atomic mass is 32.2. The van der Waals surface area contributed by atoms with Gasteiger partial charge in [-0.1, -0.05) is 30.3 Å². The summed E-state index contributed by atoms with van der Waals surface area (Å²) in [6.45, 7) is 2.00. The molecule has 33 heavy (non-hydrogen) atoms. The maximum absolute atomic E-state index is 12.1. The van der Waals surface area contributed by atoms with E-state index in [1.165, 1.54) is 23.1 Å². The highest BCUT2D eigenvalue weighted by Gasteiger charge is 2.29. The fourth-order valence-electron chi connectivity index (χ4n) is 3.20. The Balaban J connectivity index is 1.36. The number of aromatic nitrogens is 4. The summed E-state index contributed by atoms with van der Waals surface area (Å²) in [6, 6.07) is 17.8. The molecular weight excluding hydrogens is 452 g/mol. The van der Waals surface area contributed by atoms with Crippen LogP contribution < -0.4 is 10.6 Å². The van der Waals surface area contributed by atoms with Crippen molar-refractivity contribution in [3.05, 3.63) is 71.2 Å². The Morgan fingerprint density at radius 2 is 1.73 bits per heavy atom. The number of Topliss-reactive ketones (excluding diaryl/α,β-unsaturated/α-hetero) is 1. The first-order valence-corrected chi connectivity index (χ1v) is 12.3. The lowest BCUT2D eigenvalue weighted by Crippen LogP contribution is -2.05. The van der Waals surface area contributed by atoms with E-state index in [-0.39, 0.29) is 5.92 Å². The van der Waals surface area contributed by atoms with Gasteiger partial charge in [0.25, 0.3) is 0 Å². The summed E-state index contributed by atoms with van der Waals surface area (Å²) in [5.74, 6) is 1.50. The Kier molecular flexibility index (Phi) is 6.32. The number of rotatable bonds is 9. The van der Waals surface area contributed by atoms with Crippen LogP contribution in [-0.2, 0) is 11.2 Å². The fraction of sp³-hybridized carbons (Fsp3) is 0.208. The van der Waals surface area contributed by atoms with Crippen molar-refractivity contribution < 1.29 is 4.79 Å². The molecule has 1 aliphatic carbocycles. The third-order valence-corrected chi connectivity index (χ3v) is 6.73. The number of carbonyl (C=O) groups is 1. The first kappa shape index (κ1) is 21.5. The molecule has 1 fully saturated rings. The summed E-state index contributed by atoms with van der Waals surface area (Å²) in [4.78, 5) is 32.2. The molecule has 2 aromatic carbocycles. The third kappa shape index (κ3) is 5.94. The van der Waals surface area contributed by atoms with Crippen LogP contribution in [0.3, 0.4) is 0 Å². The molecule has 0 amide bonds. The van der Waals surface area contributed by atoms with E-state index in [0.29, 0.717) is 29.3 Å². The van der Waals surface area contributed by atoms with Crippen molar-refractivity contribution in [3.63, 3.8) is 0 Å². The van der Waals surface area contributed by atoms with Crippen LogP contribution in [-0.4, -0.2) is 25.7 Å². The average Bonchev–Trinajstić information content (AvgIpc) is 3.58. The normalized spacial score (nSPS) is 13.0. The Bertz CT molecular complexity index is 1260. The minimum Gasteiger partial charge on any atom is -0.324 e. The number of carbonyl (C=O) groups excluding carboxylic acids is 1. The molecule has 166 valence electrons. The third-order valence-electron chi connectivity index (χ3n) is 5.03. The highest BCUT2D eigenvalue weighted by molar-refractivity contribution is 7.99. The summed E-state index contributed by atoms with van der Waals surface area (Å²) in [5, 5.41) is 7.70. The van der Waals surface area contributed by atoms with Crippen LogP contribution >= 0.6 is 23.1 Å². The smallest absolute Gasteiger partial charge is 0.234 e. The Morgan fingerprint density at radius 1 is 1.00 bits per heavy atom. The second-order valence-corrected chi connectivity index (χ2v) is 10.1. The van der Waals surface area contributed by atoms with Gasteiger partial charge in [-0.15, -0.1) is 11.3 Å². The van der Waals surface area contributed by atoms with E-state index in [4.69, 9.17) is 0 Å². The summed E-state index contributed by atoms with van der Waals surface area (Å²) >= 11 is 2.98. The van der Waals surface area contributed by atoms with E-state index in [2.05, 4.69) is 30.6 Å². The number of ketones is 1. The van der Waals surface area contributed by atoms with Crippen molar-refractivity contribution in [2.24, 2.45) is 5.92 Å². The van der Waals surface area contributed by atoms with Gasteiger partial charge >= 0.3 is 0 Å². The number of para-hydroxylation sites is 1. The maximum atomic E-state index is 12.1. The lowest BCUT2D eigenvalue weighted by Gasteiger charge is -2.09. The van der Waals surface area contributed by atoms with E-state index in [1.807, 2.05) is 67.7 Å². The Morgan fingerprint density at radius 3 is 2.39 bits per heavy atom. The first-order chi connectivity index (χ1) is 16.1. The second kappa shape index (κ2) is 9.68. The van der Waals surface area contributed by atoms with Gasteiger partial charge in [-0.3, -0.25) is 10.1 Å². The maximum Gasteiger partial charge on any atom is 0.234 e. The molecule has 0 aliphatic heterocycles. The molecule has 0 atom stereocenters. The van der Waals surface area contributed by atoms with E-state index < -0.39 is 0 Å². The molecule has 2 N–H and O–H groups in total. The van der Waals surface area contributed by atoms with Crippen molar-refractivity contribution in [3.8, 4) is 0 Å². The predicted octanol–water partition coefficient (Wildman–Crippen LogP) is 5.80. The largest absolute Gasteiger partial charge is 0.324 e. The Labute approximate surface area is 200 Å². The molecule has 1 saturated carbocycles. The van der Waals surface area contributed by atoms with Crippen LogP contribution in [0.5, 0.6) is 0 Å². The number of nitrogens with one attached hydrogen (secondary N) is 2. The minimum absolute atomic E-state index is 0.285. The summed E-state index contributed by atoms with van der Waals surface area (Å²) in [5.41, 5.74) is 1.93. The van der Waals surface area contributed by atoms with Gasteiger partial charge in [0.1, 0.15) is 5.78 Å². The molecule has 9 heteroatoms. The van der Waals surface area contributed by atoms with Crippen LogP contribution in [0.25, 0.3) is 0 Å². The number of hydrogen-bond donors (Lipinski definition) is 2. The SMILES string of the molecule is Cc1cnc(Nc2nc(Nc3ccccc3)nc(Sc3ccc(CC(=O)C4CC4)cc3)n2)s1. The first-order valence-electron chi connectivity index (χ1n) is 10.7. The van der Waals surface area contributed by atoms with Gasteiger partial charge in [-0.2, -0.15) is 15.0 Å². The second-order valence-electron chi connectivity index (χ2n) is 7.82.